The Hall–Kier alpha value is -0.360. The highest BCUT2D eigenvalue weighted by atomic mass is 32.2. The standard InChI is InChI=1S/C7H12N2O2S2/c10-13(11)4-1-6(5-13)8-7(12)9-2-3-9/h6H,1-5H2,(H,8,12). The van der Waals surface area contributed by atoms with Gasteiger partial charge in [0, 0.05) is 19.1 Å². The van der Waals surface area contributed by atoms with Gasteiger partial charge in [-0.1, -0.05) is 0 Å². The van der Waals surface area contributed by atoms with Crippen LogP contribution < -0.4 is 5.32 Å². The van der Waals surface area contributed by atoms with Crippen molar-refractivity contribution >= 4 is 27.2 Å². The fourth-order valence-corrected chi connectivity index (χ4v) is 3.45. The summed E-state index contributed by atoms with van der Waals surface area (Å²) in [6.07, 6.45) is 0.691. The highest BCUT2D eigenvalue weighted by Crippen LogP contribution is 2.13. The van der Waals surface area contributed by atoms with Crippen LogP contribution in [-0.2, 0) is 9.84 Å². The molecule has 1 N–H and O–H groups in total. The maximum absolute atomic E-state index is 11.1. The fourth-order valence-electron chi connectivity index (χ4n) is 1.43. The molecule has 2 aliphatic rings. The Kier molecular flexibility index (Phi) is 2.19. The Labute approximate surface area is 83.2 Å². The van der Waals surface area contributed by atoms with E-state index in [9.17, 15) is 8.42 Å². The SMILES string of the molecule is O=S1(=O)CCC(NC(=S)N2CC2)C1. The van der Waals surface area contributed by atoms with Crippen LogP contribution in [0.15, 0.2) is 0 Å². The smallest absolute Gasteiger partial charge is 0.169 e. The third kappa shape index (κ3) is 2.31. The van der Waals surface area contributed by atoms with Gasteiger partial charge >= 0.3 is 0 Å². The molecule has 1 atom stereocenters. The van der Waals surface area contributed by atoms with Crippen molar-refractivity contribution in [2.24, 2.45) is 0 Å². The van der Waals surface area contributed by atoms with Crippen molar-refractivity contribution in [3.05, 3.63) is 0 Å². The zero-order chi connectivity index (χ0) is 9.47. The summed E-state index contributed by atoms with van der Waals surface area (Å²) in [6.45, 7) is 2.01. The molecule has 13 heavy (non-hydrogen) atoms. The average Bonchev–Trinajstić information content (AvgIpc) is 2.78. The minimum Gasteiger partial charge on any atom is -0.359 e. The minimum atomic E-state index is -2.79. The summed E-state index contributed by atoms with van der Waals surface area (Å²) in [5, 5.41) is 3.78. The van der Waals surface area contributed by atoms with Crippen LogP contribution >= 0.6 is 12.2 Å². The Morgan fingerprint density at radius 1 is 1.46 bits per heavy atom. The number of thiocarbonyl (C=S) groups is 1. The lowest BCUT2D eigenvalue weighted by Gasteiger charge is -2.13. The highest BCUT2D eigenvalue weighted by Gasteiger charge is 2.30. The molecule has 0 aromatic rings. The van der Waals surface area contributed by atoms with Gasteiger partial charge in [0.2, 0.25) is 0 Å². The van der Waals surface area contributed by atoms with Gasteiger partial charge in [0.05, 0.1) is 11.5 Å². The van der Waals surface area contributed by atoms with Crippen LogP contribution in [0.25, 0.3) is 0 Å². The van der Waals surface area contributed by atoms with Crippen LogP contribution in [0.5, 0.6) is 0 Å². The normalized spacial score (nSPS) is 30.2. The summed E-state index contributed by atoms with van der Waals surface area (Å²) in [5.74, 6) is 0.536. The van der Waals surface area contributed by atoms with Gasteiger partial charge in [-0.05, 0) is 18.6 Å². The first-order valence-electron chi connectivity index (χ1n) is 4.33. The van der Waals surface area contributed by atoms with Gasteiger partial charge in [-0.15, -0.1) is 0 Å². The largest absolute Gasteiger partial charge is 0.359 e. The lowest BCUT2D eigenvalue weighted by atomic mass is 10.3. The van der Waals surface area contributed by atoms with Crippen LogP contribution in [-0.4, -0.2) is 49.1 Å². The number of rotatable bonds is 1. The third-order valence-electron chi connectivity index (χ3n) is 2.29. The molecule has 2 aliphatic heterocycles. The van der Waals surface area contributed by atoms with E-state index in [1.54, 1.807) is 0 Å². The second-order valence-electron chi connectivity index (χ2n) is 3.54. The molecule has 0 saturated carbocycles. The van der Waals surface area contributed by atoms with Gasteiger partial charge in [0.15, 0.2) is 14.9 Å². The fraction of sp³-hybridized carbons (Fsp3) is 0.857. The summed E-state index contributed by atoms with van der Waals surface area (Å²) in [6, 6.07) is 0.0399. The lowest BCUT2D eigenvalue weighted by molar-refractivity contribution is 0.599. The molecule has 0 aromatic carbocycles. The van der Waals surface area contributed by atoms with E-state index in [1.165, 1.54) is 0 Å². The Bertz CT molecular complexity index is 321. The molecule has 0 spiro atoms. The van der Waals surface area contributed by atoms with E-state index in [0.717, 1.165) is 13.1 Å². The Morgan fingerprint density at radius 2 is 2.15 bits per heavy atom. The zero-order valence-corrected chi connectivity index (χ0v) is 8.83. The molecule has 6 heteroatoms. The topological polar surface area (TPSA) is 49.2 Å². The van der Waals surface area contributed by atoms with Crippen molar-refractivity contribution in [2.45, 2.75) is 12.5 Å². The molecule has 2 saturated heterocycles. The van der Waals surface area contributed by atoms with Gasteiger partial charge in [-0.3, -0.25) is 0 Å². The van der Waals surface area contributed by atoms with Crippen LogP contribution in [0, 0.1) is 0 Å². The van der Waals surface area contributed by atoms with Crippen molar-refractivity contribution in [1.29, 1.82) is 0 Å². The van der Waals surface area contributed by atoms with Gasteiger partial charge in [0.1, 0.15) is 0 Å². The molecule has 4 nitrogen and oxygen atoms in total. The highest BCUT2D eigenvalue weighted by molar-refractivity contribution is 7.91. The molecule has 0 aliphatic carbocycles. The molecule has 0 amide bonds. The van der Waals surface area contributed by atoms with Crippen molar-refractivity contribution in [3.8, 4) is 0 Å². The third-order valence-corrected chi connectivity index (χ3v) is 4.44. The quantitative estimate of drug-likeness (QED) is 0.471. The van der Waals surface area contributed by atoms with E-state index >= 15 is 0 Å². The van der Waals surface area contributed by atoms with E-state index in [0.29, 0.717) is 17.3 Å². The number of hydrogen-bond acceptors (Lipinski definition) is 3. The number of nitrogens with one attached hydrogen (secondary N) is 1. The summed E-state index contributed by atoms with van der Waals surface area (Å²) >= 11 is 5.07. The predicted molar refractivity (Wildman–Crippen MR) is 54.4 cm³/mol. The molecule has 2 heterocycles. The molecule has 0 bridgehead atoms. The molecule has 0 radical (unpaired) electrons. The van der Waals surface area contributed by atoms with Crippen molar-refractivity contribution in [2.75, 3.05) is 24.6 Å². The maximum atomic E-state index is 11.1. The van der Waals surface area contributed by atoms with E-state index in [4.69, 9.17) is 12.2 Å². The minimum absolute atomic E-state index is 0.0399. The van der Waals surface area contributed by atoms with Crippen molar-refractivity contribution in [1.82, 2.24) is 10.2 Å². The summed E-state index contributed by atoms with van der Waals surface area (Å²) < 4.78 is 22.2. The van der Waals surface area contributed by atoms with Gasteiger partial charge in [-0.25, -0.2) is 8.42 Å². The maximum Gasteiger partial charge on any atom is 0.169 e. The summed E-state index contributed by atoms with van der Waals surface area (Å²) in [4.78, 5) is 2.01. The van der Waals surface area contributed by atoms with Crippen LogP contribution in [0.4, 0.5) is 0 Å². The van der Waals surface area contributed by atoms with E-state index in [-0.39, 0.29) is 11.8 Å². The average molecular weight is 220 g/mol. The molecule has 0 aromatic heterocycles. The zero-order valence-electron chi connectivity index (χ0n) is 7.19. The monoisotopic (exact) mass is 220 g/mol. The van der Waals surface area contributed by atoms with E-state index in [1.807, 2.05) is 4.90 Å². The van der Waals surface area contributed by atoms with Gasteiger partial charge in [-0.2, -0.15) is 0 Å². The molecule has 2 rings (SSSR count). The van der Waals surface area contributed by atoms with E-state index in [2.05, 4.69) is 5.32 Å². The summed E-state index contributed by atoms with van der Waals surface area (Å²) in [7, 11) is -2.79. The molecular formula is C7H12N2O2S2. The van der Waals surface area contributed by atoms with E-state index < -0.39 is 9.84 Å². The van der Waals surface area contributed by atoms with Crippen LogP contribution in [0.3, 0.4) is 0 Å². The molecular weight excluding hydrogens is 208 g/mol. The van der Waals surface area contributed by atoms with Crippen LogP contribution in [0.2, 0.25) is 0 Å². The van der Waals surface area contributed by atoms with Gasteiger partial charge in [0.25, 0.3) is 0 Å². The number of nitrogens with zero attached hydrogens (tertiary/aromatic N) is 1. The van der Waals surface area contributed by atoms with Crippen molar-refractivity contribution in [3.63, 3.8) is 0 Å². The number of sulfone groups is 1. The first-order chi connectivity index (χ1) is 6.07. The van der Waals surface area contributed by atoms with Crippen molar-refractivity contribution < 1.29 is 8.42 Å². The number of hydrogen-bond donors (Lipinski definition) is 1. The second-order valence-corrected chi connectivity index (χ2v) is 6.15. The van der Waals surface area contributed by atoms with Crippen LogP contribution in [0.1, 0.15) is 6.42 Å². The first-order valence-corrected chi connectivity index (χ1v) is 6.56. The molecule has 74 valence electrons. The molecule has 1 unspecified atom stereocenters. The second kappa shape index (κ2) is 3.09. The molecule has 2 fully saturated rings. The Morgan fingerprint density at radius 3 is 2.62 bits per heavy atom. The van der Waals surface area contributed by atoms with Gasteiger partial charge < -0.3 is 10.2 Å². The Balaban J connectivity index is 1.86. The predicted octanol–water partition coefficient (Wildman–Crippen LogP) is -0.636. The lowest BCUT2D eigenvalue weighted by Crippen LogP contribution is -2.38. The summed E-state index contributed by atoms with van der Waals surface area (Å²) in [5.41, 5.74) is 0. The first kappa shape index (κ1) is 9.21.